The summed E-state index contributed by atoms with van der Waals surface area (Å²) in [4.78, 5) is 0. The number of epoxide rings is 1. The Kier molecular flexibility index (Phi) is 2.59. The zero-order chi connectivity index (χ0) is 14.4. The summed E-state index contributed by atoms with van der Waals surface area (Å²) in [5.41, 5.74) is 2.43. The van der Waals surface area contributed by atoms with Crippen LogP contribution in [0.3, 0.4) is 0 Å². The first-order chi connectivity index (χ1) is 10.2. The average molecular weight is 283 g/mol. The van der Waals surface area contributed by atoms with Crippen molar-refractivity contribution in [2.24, 2.45) is 0 Å². The molecule has 1 aliphatic heterocycles. The van der Waals surface area contributed by atoms with Gasteiger partial charge in [0.15, 0.2) is 0 Å². The van der Waals surface area contributed by atoms with Crippen molar-refractivity contribution in [1.29, 1.82) is 0 Å². The van der Waals surface area contributed by atoms with Crippen molar-refractivity contribution in [3.8, 4) is 0 Å². The SMILES string of the molecule is C[C@@]1([C@H](c2ccc(F)cc2)n2nnc3ccccc32)CO1. The zero-order valence-electron chi connectivity index (χ0n) is 11.5. The molecule has 2 aromatic carbocycles. The van der Waals surface area contributed by atoms with Gasteiger partial charge < -0.3 is 4.74 Å². The minimum atomic E-state index is -0.325. The van der Waals surface area contributed by atoms with E-state index in [1.807, 2.05) is 35.9 Å². The highest BCUT2D eigenvalue weighted by Gasteiger charge is 2.49. The fourth-order valence-electron chi connectivity index (χ4n) is 2.75. The number of hydrogen-bond acceptors (Lipinski definition) is 3. The molecular formula is C16H14FN3O. The molecule has 0 aliphatic carbocycles. The Balaban J connectivity index is 1.89. The van der Waals surface area contributed by atoms with Crippen LogP contribution in [-0.2, 0) is 4.74 Å². The quantitative estimate of drug-likeness (QED) is 0.694. The molecule has 3 aromatic rings. The zero-order valence-corrected chi connectivity index (χ0v) is 11.5. The van der Waals surface area contributed by atoms with Gasteiger partial charge in [-0.25, -0.2) is 9.07 Å². The third-order valence-electron chi connectivity index (χ3n) is 3.99. The van der Waals surface area contributed by atoms with Crippen molar-refractivity contribution in [3.05, 3.63) is 59.9 Å². The van der Waals surface area contributed by atoms with Gasteiger partial charge in [-0.05, 0) is 36.8 Å². The Bertz CT molecular complexity index is 793. The molecule has 1 saturated heterocycles. The standard InChI is InChI=1S/C16H14FN3O/c1-16(10-21-16)15(11-6-8-12(17)9-7-11)20-14-5-3-2-4-13(14)18-19-20/h2-9,15H,10H2,1H3/t15-,16-/m0/s1. The predicted molar refractivity (Wildman–Crippen MR) is 76.4 cm³/mol. The Hall–Kier alpha value is -2.27. The van der Waals surface area contributed by atoms with E-state index < -0.39 is 0 Å². The number of ether oxygens (including phenoxy) is 1. The number of para-hydroxylation sites is 1. The molecule has 106 valence electrons. The molecule has 4 rings (SSSR count). The maximum absolute atomic E-state index is 13.2. The summed E-state index contributed by atoms with van der Waals surface area (Å²) in [6.45, 7) is 2.70. The number of rotatable bonds is 3. The summed E-state index contributed by atoms with van der Waals surface area (Å²) < 4.78 is 20.7. The molecule has 0 N–H and O–H groups in total. The number of benzene rings is 2. The minimum Gasteiger partial charge on any atom is -0.367 e. The Morgan fingerprint density at radius 2 is 1.90 bits per heavy atom. The van der Waals surface area contributed by atoms with E-state index in [-0.39, 0.29) is 17.5 Å². The summed E-state index contributed by atoms with van der Waals surface area (Å²) in [7, 11) is 0. The second-order valence-electron chi connectivity index (χ2n) is 5.58. The van der Waals surface area contributed by atoms with Gasteiger partial charge in [-0.1, -0.05) is 29.5 Å². The summed E-state index contributed by atoms with van der Waals surface area (Å²) in [5.74, 6) is -0.247. The Morgan fingerprint density at radius 1 is 1.19 bits per heavy atom. The van der Waals surface area contributed by atoms with Crippen molar-refractivity contribution in [2.45, 2.75) is 18.6 Å². The highest BCUT2D eigenvalue weighted by atomic mass is 19.1. The van der Waals surface area contributed by atoms with E-state index in [1.165, 1.54) is 12.1 Å². The largest absolute Gasteiger partial charge is 0.367 e. The van der Waals surface area contributed by atoms with Crippen molar-refractivity contribution in [1.82, 2.24) is 15.0 Å². The lowest BCUT2D eigenvalue weighted by atomic mass is 9.95. The van der Waals surface area contributed by atoms with Crippen molar-refractivity contribution in [2.75, 3.05) is 6.61 Å². The van der Waals surface area contributed by atoms with Gasteiger partial charge in [-0.3, -0.25) is 0 Å². The van der Waals surface area contributed by atoms with Crippen LogP contribution in [0.4, 0.5) is 4.39 Å². The first-order valence-electron chi connectivity index (χ1n) is 6.87. The highest BCUT2D eigenvalue weighted by Crippen LogP contribution is 2.42. The van der Waals surface area contributed by atoms with Crippen LogP contribution in [0.25, 0.3) is 11.0 Å². The number of nitrogens with zero attached hydrogens (tertiary/aromatic N) is 3. The topological polar surface area (TPSA) is 43.2 Å². The molecule has 2 heterocycles. The third-order valence-corrected chi connectivity index (χ3v) is 3.99. The monoisotopic (exact) mass is 283 g/mol. The summed E-state index contributed by atoms with van der Waals surface area (Å²) >= 11 is 0. The second-order valence-corrected chi connectivity index (χ2v) is 5.58. The minimum absolute atomic E-state index is 0.120. The van der Waals surface area contributed by atoms with Gasteiger partial charge in [-0.15, -0.1) is 5.10 Å². The highest BCUT2D eigenvalue weighted by molar-refractivity contribution is 5.74. The van der Waals surface area contributed by atoms with Crippen molar-refractivity contribution >= 4 is 11.0 Å². The smallest absolute Gasteiger partial charge is 0.123 e. The summed E-state index contributed by atoms with van der Waals surface area (Å²) in [6.07, 6.45) is 0. The first-order valence-corrected chi connectivity index (χ1v) is 6.87. The molecule has 0 amide bonds. The third kappa shape index (κ3) is 2.01. The number of halogens is 1. The molecule has 0 saturated carbocycles. The average Bonchev–Trinajstić information content (AvgIpc) is 3.10. The fourth-order valence-corrected chi connectivity index (χ4v) is 2.75. The van der Waals surface area contributed by atoms with Crippen LogP contribution in [0.2, 0.25) is 0 Å². The van der Waals surface area contributed by atoms with Crippen LogP contribution in [0.15, 0.2) is 48.5 Å². The maximum Gasteiger partial charge on any atom is 0.123 e. The Morgan fingerprint density at radius 3 is 2.62 bits per heavy atom. The van der Waals surface area contributed by atoms with Gasteiger partial charge in [0, 0.05) is 0 Å². The normalized spacial score (nSPS) is 22.4. The van der Waals surface area contributed by atoms with Gasteiger partial charge in [0.05, 0.1) is 12.1 Å². The number of fused-ring (bicyclic) bond motifs is 1. The second kappa shape index (κ2) is 4.36. The first kappa shape index (κ1) is 12.5. The van der Waals surface area contributed by atoms with E-state index in [4.69, 9.17) is 4.74 Å². The maximum atomic E-state index is 13.2. The number of hydrogen-bond donors (Lipinski definition) is 0. The molecule has 0 radical (unpaired) electrons. The Labute approximate surface area is 121 Å². The van der Waals surface area contributed by atoms with Crippen molar-refractivity contribution < 1.29 is 9.13 Å². The van der Waals surface area contributed by atoms with E-state index in [2.05, 4.69) is 10.3 Å². The van der Waals surface area contributed by atoms with Crippen LogP contribution in [0.1, 0.15) is 18.5 Å². The molecule has 4 nitrogen and oxygen atoms in total. The molecule has 21 heavy (non-hydrogen) atoms. The predicted octanol–water partition coefficient (Wildman–Crippen LogP) is 2.95. The van der Waals surface area contributed by atoms with Crippen LogP contribution in [-0.4, -0.2) is 27.2 Å². The van der Waals surface area contributed by atoms with Gasteiger partial charge in [0.2, 0.25) is 0 Å². The number of aromatic nitrogens is 3. The van der Waals surface area contributed by atoms with Gasteiger partial charge in [-0.2, -0.15) is 0 Å². The van der Waals surface area contributed by atoms with E-state index in [0.29, 0.717) is 6.61 Å². The molecule has 1 aromatic heterocycles. The summed E-state index contributed by atoms with van der Waals surface area (Å²) in [6, 6.07) is 14.2. The molecule has 5 heteroatoms. The van der Waals surface area contributed by atoms with Crippen LogP contribution in [0.5, 0.6) is 0 Å². The molecule has 1 fully saturated rings. The van der Waals surface area contributed by atoms with Crippen LogP contribution in [0, 0.1) is 5.82 Å². The molecular weight excluding hydrogens is 269 g/mol. The fraction of sp³-hybridized carbons (Fsp3) is 0.250. The van der Waals surface area contributed by atoms with E-state index in [1.54, 1.807) is 12.1 Å². The summed E-state index contributed by atoms with van der Waals surface area (Å²) in [5, 5.41) is 8.50. The van der Waals surface area contributed by atoms with Crippen LogP contribution >= 0.6 is 0 Å². The van der Waals surface area contributed by atoms with Crippen molar-refractivity contribution in [3.63, 3.8) is 0 Å². The van der Waals surface area contributed by atoms with Gasteiger partial charge >= 0.3 is 0 Å². The lowest BCUT2D eigenvalue weighted by Crippen LogP contribution is -2.27. The van der Waals surface area contributed by atoms with Crippen LogP contribution < -0.4 is 0 Å². The molecule has 0 bridgehead atoms. The molecule has 1 aliphatic rings. The van der Waals surface area contributed by atoms with Gasteiger partial charge in [0.25, 0.3) is 0 Å². The van der Waals surface area contributed by atoms with E-state index in [0.717, 1.165) is 16.6 Å². The lowest BCUT2D eigenvalue weighted by Gasteiger charge is -2.22. The molecule has 2 atom stereocenters. The lowest BCUT2D eigenvalue weighted by molar-refractivity contribution is 0.252. The van der Waals surface area contributed by atoms with Gasteiger partial charge in [0.1, 0.15) is 23.0 Å². The molecule has 0 spiro atoms. The van der Waals surface area contributed by atoms with E-state index in [9.17, 15) is 4.39 Å². The molecule has 0 unspecified atom stereocenters. The van der Waals surface area contributed by atoms with E-state index >= 15 is 0 Å².